The summed E-state index contributed by atoms with van der Waals surface area (Å²) in [7, 11) is 2.13. The fraction of sp³-hybridized carbons (Fsp3) is 0.368. The van der Waals surface area contributed by atoms with Crippen molar-refractivity contribution in [3.05, 3.63) is 33.6 Å². The average molecular weight is 387 g/mol. The van der Waals surface area contributed by atoms with Gasteiger partial charge in [0.05, 0.1) is 5.69 Å². The molecule has 0 bridgehead atoms. The SMILES string of the molecule is CCCNC(=O)c1sc2nc3c(c(-c4cccs4)c2c1N)CN(C)CC3. The van der Waals surface area contributed by atoms with Crippen LogP contribution < -0.4 is 11.1 Å². The quantitative estimate of drug-likeness (QED) is 0.717. The molecule has 0 fully saturated rings. The summed E-state index contributed by atoms with van der Waals surface area (Å²) in [6.07, 6.45) is 1.82. The molecule has 4 heterocycles. The molecule has 7 heteroatoms. The van der Waals surface area contributed by atoms with Crippen LogP contribution in [0.1, 0.15) is 34.3 Å². The van der Waals surface area contributed by atoms with Crippen LogP contribution in [0.25, 0.3) is 20.7 Å². The lowest BCUT2D eigenvalue weighted by atomic mass is 9.96. The number of carbonyl (C=O) groups excluding carboxylic acids is 1. The molecular formula is C19H22N4OS2. The maximum absolute atomic E-state index is 12.6. The van der Waals surface area contributed by atoms with E-state index in [0.717, 1.165) is 47.4 Å². The molecule has 0 aliphatic carbocycles. The maximum Gasteiger partial charge on any atom is 0.263 e. The summed E-state index contributed by atoms with van der Waals surface area (Å²) in [6.45, 7) is 4.55. The van der Waals surface area contributed by atoms with Crippen LogP contribution in [0, 0.1) is 0 Å². The molecule has 3 aromatic rings. The number of nitrogen functional groups attached to an aromatic ring is 1. The normalized spacial score (nSPS) is 14.5. The fourth-order valence-corrected chi connectivity index (χ4v) is 5.28. The predicted octanol–water partition coefficient (Wildman–Crippen LogP) is 3.73. The van der Waals surface area contributed by atoms with E-state index in [0.29, 0.717) is 17.1 Å². The number of hydrogen-bond acceptors (Lipinski definition) is 6. The average Bonchev–Trinajstić information content (AvgIpc) is 3.27. The number of carbonyl (C=O) groups is 1. The minimum atomic E-state index is -0.0976. The van der Waals surface area contributed by atoms with Crippen LogP contribution in [0.4, 0.5) is 5.69 Å². The molecule has 26 heavy (non-hydrogen) atoms. The highest BCUT2D eigenvalue weighted by Gasteiger charge is 2.27. The first kappa shape index (κ1) is 17.5. The Morgan fingerprint density at radius 3 is 3.04 bits per heavy atom. The molecule has 0 aromatic carbocycles. The molecule has 5 nitrogen and oxygen atoms in total. The molecule has 0 saturated carbocycles. The third-order valence-corrected chi connectivity index (χ3v) is 6.72. The van der Waals surface area contributed by atoms with Gasteiger partial charge in [-0.1, -0.05) is 13.0 Å². The van der Waals surface area contributed by atoms with Crippen LogP contribution in [0.15, 0.2) is 17.5 Å². The van der Waals surface area contributed by atoms with Gasteiger partial charge in [-0.15, -0.1) is 22.7 Å². The van der Waals surface area contributed by atoms with Crippen LogP contribution in [0.5, 0.6) is 0 Å². The first-order valence-corrected chi connectivity index (χ1v) is 10.5. The smallest absolute Gasteiger partial charge is 0.263 e. The van der Waals surface area contributed by atoms with Gasteiger partial charge >= 0.3 is 0 Å². The molecule has 1 aliphatic heterocycles. The Labute approximate surface area is 160 Å². The molecule has 3 N–H and O–H groups in total. The first-order chi connectivity index (χ1) is 12.6. The molecule has 0 saturated heterocycles. The summed E-state index contributed by atoms with van der Waals surface area (Å²) < 4.78 is 0. The summed E-state index contributed by atoms with van der Waals surface area (Å²) in [5, 5.41) is 5.96. The number of nitrogens with two attached hydrogens (primary N) is 1. The first-order valence-electron chi connectivity index (χ1n) is 8.84. The number of anilines is 1. The van der Waals surface area contributed by atoms with E-state index in [-0.39, 0.29) is 5.91 Å². The van der Waals surface area contributed by atoms with E-state index in [1.54, 1.807) is 11.3 Å². The highest BCUT2D eigenvalue weighted by atomic mass is 32.1. The van der Waals surface area contributed by atoms with E-state index < -0.39 is 0 Å². The van der Waals surface area contributed by atoms with E-state index in [9.17, 15) is 4.79 Å². The Balaban J connectivity index is 1.96. The van der Waals surface area contributed by atoms with E-state index in [1.165, 1.54) is 21.8 Å². The van der Waals surface area contributed by atoms with Crippen LogP contribution in [0.3, 0.4) is 0 Å². The van der Waals surface area contributed by atoms with Crippen molar-refractivity contribution in [1.29, 1.82) is 0 Å². The molecule has 0 unspecified atom stereocenters. The van der Waals surface area contributed by atoms with Gasteiger partial charge < -0.3 is 16.0 Å². The van der Waals surface area contributed by atoms with Gasteiger partial charge in [-0.25, -0.2) is 4.98 Å². The molecule has 4 rings (SSSR count). The molecule has 1 amide bonds. The van der Waals surface area contributed by atoms with Gasteiger partial charge in [-0.05, 0) is 30.5 Å². The molecular weight excluding hydrogens is 364 g/mol. The zero-order chi connectivity index (χ0) is 18.3. The third-order valence-electron chi connectivity index (χ3n) is 4.73. The largest absolute Gasteiger partial charge is 0.397 e. The summed E-state index contributed by atoms with van der Waals surface area (Å²) in [6, 6.07) is 4.19. The number of nitrogens with one attached hydrogen (secondary N) is 1. The van der Waals surface area contributed by atoms with E-state index in [1.807, 2.05) is 6.92 Å². The predicted molar refractivity (Wildman–Crippen MR) is 110 cm³/mol. The van der Waals surface area contributed by atoms with E-state index >= 15 is 0 Å². The van der Waals surface area contributed by atoms with Crippen molar-refractivity contribution in [2.45, 2.75) is 26.3 Å². The highest BCUT2D eigenvalue weighted by molar-refractivity contribution is 7.21. The third kappa shape index (κ3) is 2.90. The summed E-state index contributed by atoms with van der Waals surface area (Å²) in [4.78, 5) is 22.4. The topological polar surface area (TPSA) is 71.2 Å². The lowest BCUT2D eigenvalue weighted by molar-refractivity contribution is 0.0958. The molecule has 3 aromatic heterocycles. The van der Waals surface area contributed by atoms with Gasteiger partial charge in [0.2, 0.25) is 0 Å². The number of aromatic nitrogens is 1. The summed E-state index contributed by atoms with van der Waals surface area (Å²) in [5.41, 5.74) is 10.6. The van der Waals surface area contributed by atoms with Crippen LogP contribution in [0.2, 0.25) is 0 Å². The van der Waals surface area contributed by atoms with Crippen LogP contribution in [-0.2, 0) is 13.0 Å². The molecule has 136 valence electrons. The maximum atomic E-state index is 12.6. The lowest BCUT2D eigenvalue weighted by Crippen LogP contribution is -2.27. The molecule has 0 spiro atoms. The molecule has 1 aliphatic rings. The summed E-state index contributed by atoms with van der Waals surface area (Å²) >= 11 is 3.12. The number of rotatable bonds is 4. The van der Waals surface area contributed by atoms with Gasteiger partial charge in [0.1, 0.15) is 9.71 Å². The number of amides is 1. The highest BCUT2D eigenvalue weighted by Crippen LogP contribution is 2.44. The van der Waals surface area contributed by atoms with Crippen molar-refractivity contribution in [3.63, 3.8) is 0 Å². The van der Waals surface area contributed by atoms with E-state index in [2.05, 4.69) is 34.8 Å². The van der Waals surface area contributed by atoms with Gasteiger partial charge in [-0.2, -0.15) is 0 Å². The van der Waals surface area contributed by atoms with Gasteiger partial charge in [0, 0.05) is 47.6 Å². The second kappa shape index (κ2) is 6.98. The number of nitrogens with zero attached hydrogens (tertiary/aromatic N) is 2. The van der Waals surface area contributed by atoms with Crippen molar-refractivity contribution >= 4 is 44.5 Å². The zero-order valence-corrected chi connectivity index (χ0v) is 16.6. The van der Waals surface area contributed by atoms with Crippen LogP contribution >= 0.6 is 22.7 Å². The number of thiophene rings is 2. The second-order valence-corrected chi connectivity index (χ2v) is 8.60. The van der Waals surface area contributed by atoms with Crippen molar-refractivity contribution in [2.75, 3.05) is 25.9 Å². The Morgan fingerprint density at radius 1 is 1.46 bits per heavy atom. The number of hydrogen-bond donors (Lipinski definition) is 2. The van der Waals surface area contributed by atoms with Crippen molar-refractivity contribution < 1.29 is 4.79 Å². The van der Waals surface area contributed by atoms with Crippen molar-refractivity contribution in [1.82, 2.24) is 15.2 Å². The van der Waals surface area contributed by atoms with Gasteiger partial charge in [-0.3, -0.25) is 4.79 Å². The number of fused-ring (bicyclic) bond motifs is 2. The second-order valence-electron chi connectivity index (χ2n) is 6.66. The minimum Gasteiger partial charge on any atom is -0.397 e. The van der Waals surface area contributed by atoms with Crippen molar-refractivity contribution in [2.24, 2.45) is 0 Å². The van der Waals surface area contributed by atoms with Gasteiger partial charge in [0.25, 0.3) is 5.91 Å². The van der Waals surface area contributed by atoms with Crippen LogP contribution in [-0.4, -0.2) is 35.9 Å². The van der Waals surface area contributed by atoms with Gasteiger partial charge in [0.15, 0.2) is 0 Å². The Hall–Kier alpha value is -1.96. The number of likely N-dealkylation sites (N-methyl/N-ethyl adjacent to an activating group) is 1. The Morgan fingerprint density at radius 2 is 2.31 bits per heavy atom. The monoisotopic (exact) mass is 386 g/mol. The zero-order valence-electron chi connectivity index (χ0n) is 15.0. The van der Waals surface area contributed by atoms with E-state index in [4.69, 9.17) is 10.7 Å². The Kier molecular flexibility index (Phi) is 4.69. The van der Waals surface area contributed by atoms with Crippen molar-refractivity contribution in [3.8, 4) is 10.4 Å². The molecule has 0 atom stereocenters. The summed E-state index contributed by atoms with van der Waals surface area (Å²) in [5.74, 6) is -0.0976. The lowest BCUT2D eigenvalue weighted by Gasteiger charge is -2.26. The number of pyridine rings is 1. The molecule has 0 radical (unpaired) electrons. The Bertz CT molecular complexity index is 962. The minimum absolute atomic E-state index is 0.0976. The fourth-order valence-electron chi connectivity index (χ4n) is 3.44. The standard InChI is InChI=1S/C19H22N4OS2/c1-3-7-21-18(24)17-16(20)15-14(13-5-4-9-25-13)11-10-23(2)8-6-12(11)22-19(15)26-17/h4-5,9H,3,6-8,10,20H2,1-2H3,(H,21,24).